The van der Waals surface area contributed by atoms with Gasteiger partial charge in [-0.15, -0.1) is 0 Å². The number of hydrogen-bond acceptors (Lipinski definition) is 3. The minimum atomic E-state index is 0.155. The normalized spacial score (nSPS) is 12.3. The van der Waals surface area contributed by atoms with E-state index in [-0.39, 0.29) is 6.04 Å². The van der Waals surface area contributed by atoms with Crippen LogP contribution in [0.3, 0.4) is 0 Å². The van der Waals surface area contributed by atoms with Crippen LogP contribution in [0.25, 0.3) is 5.69 Å². The lowest BCUT2D eigenvalue weighted by molar-refractivity contribution is 0.760. The molecule has 1 unspecified atom stereocenters. The van der Waals surface area contributed by atoms with Crippen LogP contribution >= 0.6 is 0 Å². The highest BCUT2D eigenvalue weighted by Gasteiger charge is 2.09. The molecule has 20 heavy (non-hydrogen) atoms. The summed E-state index contributed by atoms with van der Waals surface area (Å²) >= 11 is 0. The molecule has 2 heterocycles. The van der Waals surface area contributed by atoms with Crippen molar-refractivity contribution in [1.82, 2.24) is 19.6 Å². The number of hydrogen-bond donors (Lipinski definition) is 1. The molecule has 0 bridgehead atoms. The predicted octanol–water partition coefficient (Wildman–Crippen LogP) is 2.78. The van der Waals surface area contributed by atoms with Gasteiger partial charge in [-0.2, -0.15) is 10.2 Å². The van der Waals surface area contributed by atoms with E-state index in [9.17, 15) is 0 Å². The zero-order valence-corrected chi connectivity index (χ0v) is 11.6. The first kappa shape index (κ1) is 12.5. The monoisotopic (exact) mass is 267 g/mol. The van der Waals surface area contributed by atoms with Crippen molar-refractivity contribution in [2.75, 3.05) is 5.32 Å². The first-order valence-corrected chi connectivity index (χ1v) is 6.58. The number of benzene rings is 1. The summed E-state index contributed by atoms with van der Waals surface area (Å²) in [5, 5.41) is 12.1. The number of nitrogens with zero attached hydrogens (tertiary/aromatic N) is 4. The second kappa shape index (κ2) is 5.21. The summed E-state index contributed by atoms with van der Waals surface area (Å²) in [5.74, 6) is 0.868. The zero-order chi connectivity index (χ0) is 13.9. The molecule has 0 fully saturated rings. The van der Waals surface area contributed by atoms with Crippen molar-refractivity contribution in [2.45, 2.75) is 13.0 Å². The van der Waals surface area contributed by atoms with E-state index in [0.717, 1.165) is 17.1 Å². The van der Waals surface area contributed by atoms with Crippen molar-refractivity contribution in [3.05, 3.63) is 60.6 Å². The Morgan fingerprint density at radius 2 is 1.95 bits per heavy atom. The fourth-order valence-electron chi connectivity index (χ4n) is 2.08. The number of rotatable bonds is 4. The smallest absolute Gasteiger partial charge is 0.148 e. The highest BCUT2D eigenvalue weighted by Crippen LogP contribution is 2.18. The molecule has 3 rings (SSSR count). The van der Waals surface area contributed by atoms with Crippen molar-refractivity contribution in [3.8, 4) is 5.69 Å². The standard InChI is InChI=1S/C15H17N5/c1-12(17-15-8-9-19(2)18-15)13-10-16-20(11-13)14-6-4-3-5-7-14/h3-12H,1-2H3,(H,17,18). The van der Waals surface area contributed by atoms with Gasteiger partial charge in [0, 0.05) is 31.1 Å². The van der Waals surface area contributed by atoms with Crippen molar-refractivity contribution in [3.63, 3.8) is 0 Å². The quantitative estimate of drug-likeness (QED) is 0.790. The largest absolute Gasteiger partial charge is 0.362 e. The summed E-state index contributed by atoms with van der Waals surface area (Å²) in [6, 6.07) is 12.2. The fraction of sp³-hybridized carbons (Fsp3) is 0.200. The van der Waals surface area contributed by atoms with E-state index in [2.05, 4.69) is 22.4 Å². The predicted molar refractivity (Wildman–Crippen MR) is 78.8 cm³/mol. The Hall–Kier alpha value is -2.56. The third kappa shape index (κ3) is 2.56. The van der Waals surface area contributed by atoms with Gasteiger partial charge in [-0.3, -0.25) is 4.68 Å². The maximum atomic E-state index is 4.41. The Morgan fingerprint density at radius 3 is 2.65 bits per heavy atom. The topological polar surface area (TPSA) is 47.7 Å². The molecule has 0 aliphatic heterocycles. The van der Waals surface area contributed by atoms with E-state index in [1.807, 2.05) is 66.7 Å². The van der Waals surface area contributed by atoms with Gasteiger partial charge in [-0.05, 0) is 19.1 Å². The summed E-state index contributed by atoms with van der Waals surface area (Å²) in [6.45, 7) is 2.10. The Labute approximate surface area is 117 Å². The third-order valence-corrected chi connectivity index (χ3v) is 3.20. The Kier molecular flexibility index (Phi) is 3.25. The van der Waals surface area contributed by atoms with E-state index in [1.165, 1.54) is 0 Å². The average Bonchev–Trinajstić information content (AvgIpc) is 3.09. The SMILES string of the molecule is CC(Nc1ccn(C)n1)c1cnn(-c2ccccc2)c1. The molecule has 0 saturated heterocycles. The Balaban J connectivity index is 1.76. The van der Waals surface area contributed by atoms with E-state index in [1.54, 1.807) is 4.68 Å². The summed E-state index contributed by atoms with van der Waals surface area (Å²) < 4.78 is 3.66. The van der Waals surface area contributed by atoms with Crippen LogP contribution in [0.5, 0.6) is 0 Å². The van der Waals surface area contributed by atoms with Gasteiger partial charge in [-0.1, -0.05) is 18.2 Å². The molecule has 0 spiro atoms. The maximum absolute atomic E-state index is 4.41. The van der Waals surface area contributed by atoms with E-state index in [4.69, 9.17) is 0 Å². The number of nitrogens with one attached hydrogen (secondary N) is 1. The van der Waals surface area contributed by atoms with Crippen LogP contribution in [-0.4, -0.2) is 19.6 Å². The molecule has 2 aromatic heterocycles. The van der Waals surface area contributed by atoms with Gasteiger partial charge in [0.25, 0.3) is 0 Å². The fourth-order valence-corrected chi connectivity index (χ4v) is 2.08. The molecule has 0 saturated carbocycles. The van der Waals surface area contributed by atoms with Crippen LogP contribution in [0.15, 0.2) is 55.0 Å². The van der Waals surface area contributed by atoms with E-state index >= 15 is 0 Å². The molecule has 1 atom stereocenters. The Morgan fingerprint density at radius 1 is 1.15 bits per heavy atom. The molecule has 102 valence electrons. The molecule has 0 amide bonds. The second-order valence-electron chi connectivity index (χ2n) is 4.79. The maximum Gasteiger partial charge on any atom is 0.148 e. The van der Waals surface area contributed by atoms with Gasteiger partial charge in [-0.25, -0.2) is 4.68 Å². The number of anilines is 1. The summed E-state index contributed by atoms with van der Waals surface area (Å²) in [7, 11) is 1.91. The lowest BCUT2D eigenvalue weighted by Gasteiger charge is -2.10. The van der Waals surface area contributed by atoms with Crippen LogP contribution in [0.2, 0.25) is 0 Å². The first-order valence-electron chi connectivity index (χ1n) is 6.58. The van der Waals surface area contributed by atoms with Gasteiger partial charge in [0.05, 0.1) is 17.9 Å². The van der Waals surface area contributed by atoms with E-state index in [0.29, 0.717) is 0 Å². The van der Waals surface area contributed by atoms with Crippen molar-refractivity contribution < 1.29 is 0 Å². The van der Waals surface area contributed by atoms with Crippen LogP contribution in [-0.2, 0) is 7.05 Å². The minimum absolute atomic E-state index is 0.155. The van der Waals surface area contributed by atoms with Crippen LogP contribution in [0.4, 0.5) is 5.82 Å². The van der Waals surface area contributed by atoms with Gasteiger partial charge in [0.2, 0.25) is 0 Å². The van der Waals surface area contributed by atoms with E-state index < -0.39 is 0 Å². The molecular formula is C15H17N5. The van der Waals surface area contributed by atoms with Gasteiger partial charge >= 0.3 is 0 Å². The van der Waals surface area contributed by atoms with Crippen LogP contribution in [0, 0.1) is 0 Å². The molecule has 5 nitrogen and oxygen atoms in total. The zero-order valence-electron chi connectivity index (χ0n) is 11.6. The molecule has 5 heteroatoms. The number of aryl methyl sites for hydroxylation is 1. The highest BCUT2D eigenvalue weighted by molar-refractivity contribution is 5.37. The van der Waals surface area contributed by atoms with Gasteiger partial charge < -0.3 is 5.32 Å². The summed E-state index contributed by atoms with van der Waals surface area (Å²) in [6.07, 6.45) is 5.84. The number of aromatic nitrogens is 4. The second-order valence-corrected chi connectivity index (χ2v) is 4.79. The molecule has 0 radical (unpaired) electrons. The van der Waals surface area contributed by atoms with Crippen molar-refractivity contribution in [1.29, 1.82) is 0 Å². The lowest BCUT2D eigenvalue weighted by atomic mass is 10.2. The number of para-hydroxylation sites is 1. The van der Waals surface area contributed by atoms with Crippen LogP contribution in [0.1, 0.15) is 18.5 Å². The first-order chi connectivity index (χ1) is 9.72. The van der Waals surface area contributed by atoms with Crippen LogP contribution < -0.4 is 5.32 Å². The minimum Gasteiger partial charge on any atom is -0.362 e. The Bertz CT molecular complexity index is 683. The highest BCUT2D eigenvalue weighted by atomic mass is 15.3. The van der Waals surface area contributed by atoms with Crippen molar-refractivity contribution in [2.24, 2.45) is 7.05 Å². The third-order valence-electron chi connectivity index (χ3n) is 3.20. The van der Waals surface area contributed by atoms with Gasteiger partial charge in [0.1, 0.15) is 5.82 Å². The molecule has 1 aromatic carbocycles. The molecule has 1 N–H and O–H groups in total. The molecule has 0 aliphatic carbocycles. The summed E-state index contributed by atoms with van der Waals surface area (Å²) in [5.41, 5.74) is 2.18. The molecule has 0 aliphatic rings. The average molecular weight is 267 g/mol. The summed E-state index contributed by atoms with van der Waals surface area (Å²) in [4.78, 5) is 0. The lowest BCUT2D eigenvalue weighted by Crippen LogP contribution is -2.06. The van der Waals surface area contributed by atoms with Gasteiger partial charge in [0.15, 0.2) is 0 Å². The molecular weight excluding hydrogens is 250 g/mol. The van der Waals surface area contributed by atoms with Crippen molar-refractivity contribution >= 4 is 5.82 Å². The molecule has 3 aromatic rings.